The number of morpholine rings is 1. The molecular weight excluding hydrogens is 310 g/mol. The lowest BCUT2D eigenvalue weighted by Crippen LogP contribution is -2.45. The molecule has 2 aromatic carbocycles. The predicted molar refractivity (Wildman–Crippen MR) is 89.7 cm³/mol. The van der Waals surface area contributed by atoms with Crippen LogP contribution in [0.15, 0.2) is 65.6 Å². The second kappa shape index (κ2) is 7.25. The third kappa shape index (κ3) is 3.99. The van der Waals surface area contributed by atoms with Gasteiger partial charge in [-0.3, -0.25) is 0 Å². The van der Waals surface area contributed by atoms with E-state index in [9.17, 15) is 8.42 Å². The van der Waals surface area contributed by atoms with Gasteiger partial charge in [0, 0.05) is 13.1 Å². The monoisotopic (exact) mass is 331 g/mol. The van der Waals surface area contributed by atoms with E-state index in [1.54, 1.807) is 28.6 Å². The Balaban J connectivity index is 1.64. The maximum absolute atomic E-state index is 12.7. The molecule has 0 radical (unpaired) electrons. The van der Waals surface area contributed by atoms with E-state index < -0.39 is 10.0 Å². The molecule has 5 heteroatoms. The van der Waals surface area contributed by atoms with Gasteiger partial charge in [-0.05, 0) is 30.5 Å². The van der Waals surface area contributed by atoms with Crippen molar-refractivity contribution in [2.45, 2.75) is 23.8 Å². The molecule has 0 bridgehead atoms. The number of hydrogen-bond acceptors (Lipinski definition) is 3. The third-order valence-corrected chi connectivity index (χ3v) is 5.96. The van der Waals surface area contributed by atoms with Crippen LogP contribution in [-0.2, 0) is 21.2 Å². The molecule has 3 rings (SSSR count). The molecule has 1 saturated heterocycles. The highest BCUT2D eigenvalue weighted by Gasteiger charge is 2.30. The molecule has 0 saturated carbocycles. The summed E-state index contributed by atoms with van der Waals surface area (Å²) < 4.78 is 32.7. The lowest BCUT2D eigenvalue weighted by Gasteiger charge is -2.32. The molecule has 0 amide bonds. The first-order valence-corrected chi connectivity index (χ1v) is 9.31. The Morgan fingerprint density at radius 2 is 1.65 bits per heavy atom. The summed E-state index contributed by atoms with van der Waals surface area (Å²) in [4.78, 5) is 0.351. The summed E-state index contributed by atoms with van der Waals surface area (Å²) in [6.45, 7) is 1.29. The van der Waals surface area contributed by atoms with Crippen LogP contribution in [0, 0.1) is 0 Å². The Kier molecular flexibility index (Phi) is 5.10. The predicted octanol–water partition coefficient (Wildman–Crippen LogP) is 2.71. The SMILES string of the molecule is O=S(=O)(c1ccccc1)N1CCO[C@H](CCc2ccccc2)C1. The molecule has 0 spiro atoms. The standard InChI is InChI=1S/C18H21NO3S/c20-23(21,18-9-5-2-6-10-18)19-13-14-22-17(15-19)12-11-16-7-3-1-4-8-16/h1-10,17H,11-15H2/t17-/m1/s1. The van der Waals surface area contributed by atoms with Gasteiger partial charge < -0.3 is 4.74 Å². The molecule has 23 heavy (non-hydrogen) atoms. The molecule has 0 N–H and O–H groups in total. The Labute approximate surface area is 137 Å². The molecule has 1 heterocycles. The average molecular weight is 331 g/mol. The van der Waals surface area contributed by atoms with Crippen molar-refractivity contribution in [1.82, 2.24) is 4.31 Å². The molecular formula is C18H21NO3S. The summed E-state index contributed by atoms with van der Waals surface area (Å²) in [5, 5.41) is 0. The van der Waals surface area contributed by atoms with E-state index in [1.165, 1.54) is 5.56 Å². The van der Waals surface area contributed by atoms with Crippen LogP contribution < -0.4 is 0 Å². The number of nitrogens with zero attached hydrogens (tertiary/aromatic N) is 1. The van der Waals surface area contributed by atoms with Crippen LogP contribution >= 0.6 is 0 Å². The van der Waals surface area contributed by atoms with E-state index in [2.05, 4.69) is 12.1 Å². The van der Waals surface area contributed by atoms with E-state index in [4.69, 9.17) is 4.74 Å². The number of hydrogen-bond donors (Lipinski definition) is 0. The van der Waals surface area contributed by atoms with Crippen LogP contribution in [0.1, 0.15) is 12.0 Å². The fourth-order valence-electron chi connectivity index (χ4n) is 2.80. The van der Waals surface area contributed by atoms with Gasteiger partial charge in [0.1, 0.15) is 0 Å². The van der Waals surface area contributed by atoms with Crippen molar-refractivity contribution in [3.63, 3.8) is 0 Å². The summed E-state index contributed by atoms with van der Waals surface area (Å²) in [7, 11) is -3.42. The van der Waals surface area contributed by atoms with Crippen LogP contribution in [0.5, 0.6) is 0 Å². The fourth-order valence-corrected chi connectivity index (χ4v) is 4.28. The second-order valence-corrected chi connectivity index (χ2v) is 7.63. The zero-order chi connectivity index (χ0) is 16.1. The Hall–Kier alpha value is -1.69. The molecule has 4 nitrogen and oxygen atoms in total. The highest BCUT2D eigenvalue weighted by atomic mass is 32.2. The van der Waals surface area contributed by atoms with Gasteiger partial charge in [0.2, 0.25) is 10.0 Å². The maximum Gasteiger partial charge on any atom is 0.243 e. The summed E-state index contributed by atoms with van der Waals surface area (Å²) in [5.74, 6) is 0. The van der Waals surface area contributed by atoms with Gasteiger partial charge in [0.05, 0.1) is 17.6 Å². The lowest BCUT2D eigenvalue weighted by atomic mass is 10.1. The lowest BCUT2D eigenvalue weighted by molar-refractivity contribution is -0.00526. The maximum atomic E-state index is 12.7. The molecule has 1 aliphatic heterocycles. The van der Waals surface area contributed by atoms with Crippen molar-refractivity contribution < 1.29 is 13.2 Å². The van der Waals surface area contributed by atoms with Crippen molar-refractivity contribution >= 4 is 10.0 Å². The number of aryl methyl sites for hydroxylation is 1. The van der Waals surface area contributed by atoms with Gasteiger partial charge in [-0.2, -0.15) is 4.31 Å². The van der Waals surface area contributed by atoms with Gasteiger partial charge in [-0.15, -0.1) is 0 Å². The topological polar surface area (TPSA) is 46.6 Å². The third-order valence-electron chi connectivity index (χ3n) is 4.08. The van der Waals surface area contributed by atoms with Crippen molar-refractivity contribution in [3.8, 4) is 0 Å². The van der Waals surface area contributed by atoms with Crippen LogP contribution in [0.3, 0.4) is 0 Å². The zero-order valence-electron chi connectivity index (χ0n) is 13.0. The molecule has 0 unspecified atom stereocenters. The minimum absolute atomic E-state index is 0.0533. The molecule has 0 aromatic heterocycles. The van der Waals surface area contributed by atoms with E-state index >= 15 is 0 Å². The number of benzene rings is 2. The summed E-state index contributed by atoms with van der Waals surface area (Å²) in [6.07, 6.45) is 1.66. The summed E-state index contributed by atoms with van der Waals surface area (Å²) >= 11 is 0. The molecule has 0 aliphatic carbocycles. The minimum atomic E-state index is -3.42. The van der Waals surface area contributed by atoms with Crippen LogP contribution in [0.25, 0.3) is 0 Å². The zero-order valence-corrected chi connectivity index (χ0v) is 13.8. The first-order chi connectivity index (χ1) is 11.2. The van der Waals surface area contributed by atoms with Crippen molar-refractivity contribution in [3.05, 3.63) is 66.2 Å². The minimum Gasteiger partial charge on any atom is -0.375 e. The normalized spacial score (nSPS) is 19.6. The molecule has 122 valence electrons. The molecule has 1 fully saturated rings. The van der Waals surface area contributed by atoms with Gasteiger partial charge >= 0.3 is 0 Å². The molecule has 1 aliphatic rings. The first-order valence-electron chi connectivity index (χ1n) is 7.87. The highest BCUT2D eigenvalue weighted by Crippen LogP contribution is 2.20. The average Bonchev–Trinajstić information content (AvgIpc) is 2.62. The van der Waals surface area contributed by atoms with Gasteiger partial charge in [0.15, 0.2) is 0 Å². The fraction of sp³-hybridized carbons (Fsp3) is 0.333. The number of ether oxygens (including phenoxy) is 1. The Morgan fingerprint density at radius 1 is 1.00 bits per heavy atom. The number of sulfonamides is 1. The van der Waals surface area contributed by atoms with Gasteiger partial charge in [-0.1, -0.05) is 48.5 Å². The van der Waals surface area contributed by atoms with E-state index in [-0.39, 0.29) is 6.10 Å². The van der Waals surface area contributed by atoms with E-state index in [1.807, 2.05) is 24.3 Å². The largest absolute Gasteiger partial charge is 0.375 e. The van der Waals surface area contributed by atoms with Crippen LogP contribution in [-0.4, -0.2) is 38.5 Å². The number of rotatable bonds is 5. The van der Waals surface area contributed by atoms with Crippen LogP contribution in [0.4, 0.5) is 0 Å². The van der Waals surface area contributed by atoms with Crippen molar-refractivity contribution in [1.29, 1.82) is 0 Å². The van der Waals surface area contributed by atoms with E-state index in [0.717, 1.165) is 12.8 Å². The quantitative estimate of drug-likeness (QED) is 0.846. The summed E-state index contributed by atoms with van der Waals surface area (Å²) in [6, 6.07) is 18.8. The molecule has 1 atom stereocenters. The molecule has 2 aromatic rings. The second-order valence-electron chi connectivity index (χ2n) is 5.69. The summed E-state index contributed by atoms with van der Waals surface area (Å²) in [5.41, 5.74) is 1.25. The van der Waals surface area contributed by atoms with Crippen molar-refractivity contribution in [2.24, 2.45) is 0 Å². The highest BCUT2D eigenvalue weighted by molar-refractivity contribution is 7.89. The van der Waals surface area contributed by atoms with Gasteiger partial charge in [-0.25, -0.2) is 8.42 Å². The van der Waals surface area contributed by atoms with Crippen LogP contribution in [0.2, 0.25) is 0 Å². The van der Waals surface area contributed by atoms with Crippen molar-refractivity contribution in [2.75, 3.05) is 19.7 Å². The van der Waals surface area contributed by atoms with Gasteiger partial charge in [0.25, 0.3) is 0 Å². The Morgan fingerprint density at radius 3 is 2.35 bits per heavy atom. The smallest absolute Gasteiger partial charge is 0.243 e. The Bertz CT molecular complexity index is 716. The van der Waals surface area contributed by atoms with E-state index in [0.29, 0.717) is 24.6 Å². The first kappa shape index (κ1) is 16.2.